The average molecular weight is 503 g/mol. The molecule has 4 aromatic carbocycles. The third kappa shape index (κ3) is 8.10. The van der Waals surface area contributed by atoms with Crippen molar-refractivity contribution >= 4 is 23.8 Å². The molecule has 0 aliphatic rings. The van der Waals surface area contributed by atoms with E-state index >= 15 is 0 Å². The molecule has 0 spiro atoms. The van der Waals surface area contributed by atoms with Crippen molar-refractivity contribution in [1.29, 1.82) is 0 Å². The lowest BCUT2D eigenvalue weighted by molar-refractivity contribution is 0.609. The summed E-state index contributed by atoms with van der Waals surface area (Å²) in [6, 6.07) is 38.6. The Morgan fingerprint density at radius 1 is 0.486 bits per heavy atom. The Balaban J connectivity index is 1.12. The maximum Gasteiger partial charge on any atom is 0.00169 e. The lowest BCUT2D eigenvalue weighted by Crippen LogP contribution is -2.00. The molecule has 4 rings (SSSR count). The molecule has 0 nitrogen and oxygen atoms in total. The lowest BCUT2D eigenvalue weighted by atomic mass is 9.97. The molecule has 0 amide bonds. The van der Waals surface area contributed by atoms with Gasteiger partial charge in [-0.25, -0.2) is 0 Å². The van der Waals surface area contributed by atoms with E-state index < -0.39 is 0 Å². The van der Waals surface area contributed by atoms with Crippen LogP contribution < -0.4 is 0 Å². The maximum absolute atomic E-state index is 4.87. The fourth-order valence-electron chi connectivity index (χ4n) is 4.75. The van der Waals surface area contributed by atoms with Crippen LogP contribution in [0.1, 0.15) is 65.5 Å². The topological polar surface area (TPSA) is 0 Å². The van der Waals surface area contributed by atoms with Gasteiger partial charge >= 0.3 is 0 Å². The molecule has 37 heavy (non-hydrogen) atoms. The van der Waals surface area contributed by atoms with Crippen LogP contribution in [-0.2, 0) is 12.8 Å². The van der Waals surface area contributed by atoms with Crippen molar-refractivity contribution in [2.45, 2.75) is 50.2 Å². The summed E-state index contributed by atoms with van der Waals surface area (Å²) in [7, 11) is 0. The molecule has 0 aromatic heterocycles. The van der Waals surface area contributed by atoms with Crippen molar-refractivity contribution in [2.75, 3.05) is 0 Å². The van der Waals surface area contributed by atoms with E-state index in [0.717, 1.165) is 30.4 Å². The number of aryl methyl sites for hydroxylation is 2. The highest BCUT2D eigenvalue weighted by molar-refractivity contribution is 7.80. The van der Waals surface area contributed by atoms with Crippen molar-refractivity contribution in [3.8, 4) is 0 Å². The summed E-state index contributed by atoms with van der Waals surface area (Å²) in [6.45, 7) is 8.55. The van der Waals surface area contributed by atoms with E-state index in [9.17, 15) is 0 Å². The molecule has 0 aliphatic carbocycles. The fraction of sp³-hybridized carbons (Fsp3) is 0.222. The Kier molecular flexibility index (Phi) is 10.0. The Bertz CT molecular complexity index is 1250. The molecule has 1 unspecified atom stereocenters. The van der Waals surface area contributed by atoms with Gasteiger partial charge in [-0.2, -0.15) is 12.6 Å². The molecule has 0 N–H and O–H groups in total. The number of hydrogen-bond donors (Lipinski definition) is 1. The highest BCUT2D eigenvalue weighted by atomic mass is 32.1. The van der Waals surface area contributed by atoms with Crippen LogP contribution in [0.3, 0.4) is 0 Å². The minimum Gasteiger partial charge on any atom is -0.176 e. The number of thiol groups is 1. The van der Waals surface area contributed by atoms with Crippen molar-refractivity contribution in [2.24, 2.45) is 0 Å². The first-order valence-electron chi connectivity index (χ1n) is 13.5. The molecule has 1 heteroatoms. The van der Waals surface area contributed by atoms with Crippen LogP contribution in [0.15, 0.2) is 122 Å². The van der Waals surface area contributed by atoms with Crippen molar-refractivity contribution in [3.05, 3.63) is 156 Å². The fourth-order valence-corrected chi connectivity index (χ4v) is 5.12. The minimum absolute atomic E-state index is 0.480. The standard InChI is InChI=1S/C36H38S/c1-28(32-14-5-3-6-15-32)34-24-20-30(21-25-34)12-9-10-18-36(37)19-11-13-31-22-26-35(27-23-31)29(2)33-16-7-4-8-17-33/h3-8,14-17,20-27,36-37H,1-2,9-13,18-19H2. The van der Waals surface area contributed by atoms with E-state index in [2.05, 4.69) is 110 Å². The number of unbranched alkanes of at least 4 members (excludes halogenated alkanes) is 1. The van der Waals surface area contributed by atoms with Gasteiger partial charge in [0.25, 0.3) is 0 Å². The summed E-state index contributed by atoms with van der Waals surface area (Å²) in [5.41, 5.74) is 9.70. The highest BCUT2D eigenvalue weighted by Crippen LogP contribution is 2.24. The van der Waals surface area contributed by atoms with E-state index in [1.165, 1.54) is 59.1 Å². The predicted molar refractivity (Wildman–Crippen MR) is 165 cm³/mol. The van der Waals surface area contributed by atoms with E-state index in [4.69, 9.17) is 12.6 Å². The molecule has 4 aromatic rings. The van der Waals surface area contributed by atoms with Gasteiger partial charge in [-0.05, 0) is 83.1 Å². The molecule has 0 fully saturated rings. The summed E-state index contributed by atoms with van der Waals surface area (Å²) in [4.78, 5) is 0. The van der Waals surface area contributed by atoms with Crippen LogP contribution in [0.2, 0.25) is 0 Å². The zero-order valence-electron chi connectivity index (χ0n) is 21.8. The van der Waals surface area contributed by atoms with Gasteiger partial charge in [-0.15, -0.1) is 0 Å². The van der Waals surface area contributed by atoms with Gasteiger partial charge in [0.2, 0.25) is 0 Å². The average Bonchev–Trinajstić information content (AvgIpc) is 2.96. The first-order valence-corrected chi connectivity index (χ1v) is 14.0. The van der Waals surface area contributed by atoms with Gasteiger partial charge in [0, 0.05) is 5.25 Å². The summed E-state index contributed by atoms with van der Waals surface area (Å²) < 4.78 is 0. The van der Waals surface area contributed by atoms with Crippen molar-refractivity contribution in [1.82, 2.24) is 0 Å². The first kappa shape index (κ1) is 26.8. The lowest BCUT2D eigenvalue weighted by Gasteiger charge is -2.12. The second-order valence-corrected chi connectivity index (χ2v) is 10.6. The summed E-state index contributed by atoms with van der Waals surface area (Å²) in [6.07, 6.45) is 8.19. The van der Waals surface area contributed by atoms with Gasteiger partial charge in [-0.3, -0.25) is 0 Å². The molecule has 0 aliphatic heterocycles. The van der Waals surface area contributed by atoms with Crippen LogP contribution in [0.25, 0.3) is 11.1 Å². The highest BCUT2D eigenvalue weighted by Gasteiger charge is 2.06. The second kappa shape index (κ2) is 13.9. The van der Waals surface area contributed by atoms with Crippen LogP contribution in [-0.4, -0.2) is 5.25 Å². The predicted octanol–water partition coefficient (Wildman–Crippen LogP) is 9.84. The van der Waals surface area contributed by atoms with Gasteiger partial charge in [0.05, 0.1) is 0 Å². The molecular formula is C36H38S. The summed E-state index contributed by atoms with van der Waals surface area (Å²) in [5.74, 6) is 0. The molecule has 0 saturated carbocycles. The maximum atomic E-state index is 4.87. The van der Waals surface area contributed by atoms with E-state index in [0.29, 0.717) is 5.25 Å². The monoisotopic (exact) mass is 502 g/mol. The second-order valence-electron chi connectivity index (χ2n) is 9.87. The van der Waals surface area contributed by atoms with Gasteiger partial charge < -0.3 is 0 Å². The Morgan fingerprint density at radius 2 is 0.865 bits per heavy atom. The van der Waals surface area contributed by atoms with Crippen LogP contribution in [0, 0.1) is 0 Å². The minimum atomic E-state index is 0.480. The SMILES string of the molecule is C=C(c1ccccc1)c1ccc(CCCCC(S)CCCc2ccc(C(=C)c3ccccc3)cc2)cc1. The van der Waals surface area contributed by atoms with E-state index in [1.807, 2.05) is 12.1 Å². The first-order chi connectivity index (χ1) is 18.1. The van der Waals surface area contributed by atoms with E-state index in [1.54, 1.807) is 0 Å². The molecule has 0 heterocycles. The van der Waals surface area contributed by atoms with Gasteiger partial charge in [0.1, 0.15) is 0 Å². The van der Waals surface area contributed by atoms with Crippen LogP contribution in [0.4, 0.5) is 0 Å². The molecule has 0 saturated heterocycles. The van der Waals surface area contributed by atoms with Gasteiger partial charge in [0.15, 0.2) is 0 Å². The quantitative estimate of drug-likeness (QED) is 0.136. The molecule has 0 radical (unpaired) electrons. The number of hydrogen-bond acceptors (Lipinski definition) is 1. The molecular weight excluding hydrogens is 464 g/mol. The largest absolute Gasteiger partial charge is 0.176 e. The summed E-state index contributed by atoms with van der Waals surface area (Å²) >= 11 is 4.87. The third-order valence-corrected chi connectivity index (χ3v) is 7.62. The zero-order chi connectivity index (χ0) is 25.9. The normalized spacial score (nSPS) is 11.7. The summed E-state index contributed by atoms with van der Waals surface area (Å²) in [5, 5.41) is 0.480. The van der Waals surface area contributed by atoms with Gasteiger partial charge in [-0.1, -0.05) is 129 Å². The Hall–Kier alpha value is -3.29. The molecule has 188 valence electrons. The van der Waals surface area contributed by atoms with Crippen molar-refractivity contribution in [3.63, 3.8) is 0 Å². The Morgan fingerprint density at radius 3 is 1.32 bits per heavy atom. The van der Waals surface area contributed by atoms with Crippen molar-refractivity contribution < 1.29 is 0 Å². The third-order valence-electron chi connectivity index (χ3n) is 7.10. The zero-order valence-corrected chi connectivity index (χ0v) is 22.7. The van der Waals surface area contributed by atoms with Crippen LogP contribution in [0.5, 0.6) is 0 Å². The Labute approximate surface area is 229 Å². The molecule has 0 bridgehead atoms. The number of rotatable bonds is 13. The number of benzene rings is 4. The molecule has 1 atom stereocenters. The van der Waals surface area contributed by atoms with Crippen LogP contribution >= 0.6 is 12.6 Å². The van der Waals surface area contributed by atoms with E-state index in [-0.39, 0.29) is 0 Å². The smallest absolute Gasteiger partial charge is 0.00169 e.